The zero-order valence-corrected chi connectivity index (χ0v) is 11.0. The molecule has 0 aromatic heterocycles. The van der Waals surface area contributed by atoms with Crippen LogP contribution in [0.4, 0.5) is 0 Å². The zero-order valence-electron chi connectivity index (χ0n) is 9.38. The van der Waals surface area contributed by atoms with Crippen LogP contribution in [0.2, 0.25) is 0 Å². The second kappa shape index (κ2) is 6.05. The number of halogens is 1. The molecule has 1 nitrogen and oxygen atoms in total. The summed E-state index contributed by atoms with van der Waals surface area (Å²) in [5, 5.41) is 1.06. The van der Waals surface area contributed by atoms with Gasteiger partial charge in [-0.15, -0.1) is 0 Å². The Hall–Kier alpha value is 0.180. The molecule has 86 valence electrons. The number of hydrogen-bond donors (Lipinski definition) is 0. The molecule has 0 spiro atoms. The molecular formula is C13H21BrO. The molecule has 0 radical (unpaired) electrons. The van der Waals surface area contributed by atoms with Gasteiger partial charge in [0.05, 0.1) is 6.61 Å². The first-order valence-electron chi connectivity index (χ1n) is 6.24. The van der Waals surface area contributed by atoms with Crippen LogP contribution in [-0.2, 0) is 4.74 Å². The minimum absolute atomic E-state index is 0.694. The molecule has 1 aliphatic heterocycles. The van der Waals surface area contributed by atoms with Crippen LogP contribution in [0.3, 0.4) is 0 Å². The van der Waals surface area contributed by atoms with Gasteiger partial charge < -0.3 is 4.74 Å². The van der Waals surface area contributed by atoms with Crippen LogP contribution >= 0.6 is 15.9 Å². The molecule has 1 unspecified atom stereocenters. The Morgan fingerprint density at radius 3 is 2.60 bits per heavy atom. The van der Waals surface area contributed by atoms with Gasteiger partial charge in [-0.1, -0.05) is 46.8 Å². The molecule has 1 saturated heterocycles. The molecular weight excluding hydrogens is 252 g/mol. The van der Waals surface area contributed by atoms with Crippen molar-refractivity contribution in [2.75, 3.05) is 18.5 Å². The Bertz CT molecular complexity index is 213. The van der Waals surface area contributed by atoms with E-state index in [4.69, 9.17) is 4.74 Å². The lowest BCUT2D eigenvalue weighted by Gasteiger charge is -2.24. The highest BCUT2D eigenvalue weighted by Gasteiger charge is 2.20. The molecule has 1 heterocycles. The van der Waals surface area contributed by atoms with Gasteiger partial charge in [0.25, 0.3) is 0 Å². The number of ether oxygens (including phenoxy) is 1. The topological polar surface area (TPSA) is 9.23 Å². The number of rotatable bonds is 3. The Morgan fingerprint density at radius 2 is 2.00 bits per heavy atom. The molecule has 0 amide bonds. The number of hydrogen-bond acceptors (Lipinski definition) is 1. The van der Waals surface area contributed by atoms with E-state index in [1.165, 1.54) is 38.5 Å². The van der Waals surface area contributed by atoms with E-state index in [9.17, 15) is 0 Å². The van der Waals surface area contributed by atoms with Crippen molar-refractivity contribution in [3.63, 3.8) is 0 Å². The van der Waals surface area contributed by atoms with Crippen molar-refractivity contribution in [3.8, 4) is 0 Å². The minimum atomic E-state index is 0.694. The molecule has 1 saturated carbocycles. The fourth-order valence-electron chi connectivity index (χ4n) is 2.75. The summed E-state index contributed by atoms with van der Waals surface area (Å²) in [6.45, 7) is 1.91. The van der Waals surface area contributed by atoms with E-state index in [1.54, 1.807) is 5.57 Å². The quantitative estimate of drug-likeness (QED) is 0.559. The smallest absolute Gasteiger partial charge is 0.0529 e. The second-order valence-electron chi connectivity index (χ2n) is 4.83. The van der Waals surface area contributed by atoms with Crippen molar-refractivity contribution in [1.29, 1.82) is 0 Å². The lowest BCUT2D eigenvalue weighted by atomic mass is 9.83. The lowest BCUT2D eigenvalue weighted by Crippen LogP contribution is -2.12. The molecule has 15 heavy (non-hydrogen) atoms. The van der Waals surface area contributed by atoms with Gasteiger partial charge in [-0.25, -0.2) is 0 Å². The maximum absolute atomic E-state index is 5.43. The number of allylic oxidation sites excluding steroid dienone is 1. The van der Waals surface area contributed by atoms with Gasteiger partial charge >= 0.3 is 0 Å². The minimum Gasteiger partial charge on any atom is -0.381 e. The Kier molecular flexibility index (Phi) is 4.70. The lowest BCUT2D eigenvalue weighted by molar-refractivity contribution is 0.191. The molecule has 2 heteroatoms. The van der Waals surface area contributed by atoms with Crippen molar-refractivity contribution in [2.45, 2.75) is 38.5 Å². The summed E-state index contributed by atoms with van der Waals surface area (Å²) in [5.74, 6) is 1.55. The highest BCUT2D eigenvalue weighted by molar-refractivity contribution is 9.09. The largest absolute Gasteiger partial charge is 0.381 e. The van der Waals surface area contributed by atoms with Crippen LogP contribution in [0.5, 0.6) is 0 Å². The summed E-state index contributed by atoms with van der Waals surface area (Å²) < 4.78 is 5.43. The third-order valence-corrected chi connectivity index (χ3v) is 4.35. The summed E-state index contributed by atoms with van der Waals surface area (Å²) in [4.78, 5) is 0. The van der Waals surface area contributed by atoms with Gasteiger partial charge in [0, 0.05) is 17.9 Å². The summed E-state index contributed by atoms with van der Waals surface area (Å²) in [5.41, 5.74) is 1.64. The molecule has 0 aromatic rings. The third kappa shape index (κ3) is 3.32. The Balaban J connectivity index is 1.94. The molecule has 1 atom stereocenters. The van der Waals surface area contributed by atoms with Crippen LogP contribution in [0.1, 0.15) is 38.5 Å². The first-order chi connectivity index (χ1) is 7.40. The SMILES string of the molecule is BrCC(=CC1CCOC1)C1CCCCC1. The van der Waals surface area contributed by atoms with Gasteiger partial charge in [0.2, 0.25) is 0 Å². The molecule has 0 N–H and O–H groups in total. The average molecular weight is 273 g/mol. The van der Waals surface area contributed by atoms with E-state index in [2.05, 4.69) is 22.0 Å². The second-order valence-corrected chi connectivity index (χ2v) is 5.39. The first kappa shape index (κ1) is 11.7. The monoisotopic (exact) mass is 272 g/mol. The van der Waals surface area contributed by atoms with Crippen LogP contribution in [0.15, 0.2) is 11.6 Å². The normalized spacial score (nSPS) is 29.7. The molecule has 2 fully saturated rings. The third-order valence-electron chi connectivity index (χ3n) is 3.70. The number of alkyl halides is 1. The maximum atomic E-state index is 5.43. The summed E-state index contributed by atoms with van der Waals surface area (Å²) in [7, 11) is 0. The van der Waals surface area contributed by atoms with Crippen LogP contribution in [-0.4, -0.2) is 18.5 Å². The van der Waals surface area contributed by atoms with Crippen LogP contribution in [0, 0.1) is 11.8 Å². The maximum Gasteiger partial charge on any atom is 0.0529 e. The highest BCUT2D eigenvalue weighted by Crippen LogP contribution is 2.32. The fourth-order valence-corrected chi connectivity index (χ4v) is 3.39. The van der Waals surface area contributed by atoms with Crippen molar-refractivity contribution < 1.29 is 4.74 Å². The van der Waals surface area contributed by atoms with E-state index in [1.807, 2.05) is 0 Å². The summed E-state index contributed by atoms with van der Waals surface area (Å²) >= 11 is 3.65. The molecule has 2 rings (SSSR count). The van der Waals surface area contributed by atoms with E-state index in [0.717, 1.165) is 24.5 Å². The molecule has 1 aliphatic carbocycles. The van der Waals surface area contributed by atoms with Crippen molar-refractivity contribution in [1.82, 2.24) is 0 Å². The van der Waals surface area contributed by atoms with Gasteiger partial charge in [-0.2, -0.15) is 0 Å². The Labute approximate surface area is 101 Å². The standard InChI is InChI=1S/C13H21BrO/c14-9-13(8-11-6-7-15-10-11)12-4-2-1-3-5-12/h8,11-12H,1-7,9-10H2. The average Bonchev–Trinajstić information content (AvgIpc) is 2.80. The van der Waals surface area contributed by atoms with Crippen molar-refractivity contribution >= 4 is 15.9 Å². The van der Waals surface area contributed by atoms with Gasteiger partial charge in [0.1, 0.15) is 0 Å². The van der Waals surface area contributed by atoms with Gasteiger partial charge in [-0.3, -0.25) is 0 Å². The van der Waals surface area contributed by atoms with E-state index in [-0.39, 0.29) is 0 Å². The molecule has 0 aromatic carbocycles. The summed E-state index contributed by atoms with van der Waals surface area (Å²) in [6, 6.07) is 0. The zero-order chi connectivity index (χ0) is 10.5. The van der Waals surface area contributed by atoms with Gasteiger partial charge in [0.15, 0.2) is 0 Å². The first-order valence-corrected chi connectivity index (χ1v) is 7.36. The van der Waals surface area contributed by atoms with E-state index < -0.39 is 0 Å². The van der Waals surface area contributed by atoms with E-state index >= 15 is 0 Å². The molecule has 0 bridgehead atoms. The van der Waals surface area contributed by atoms with Crippen molar-refractivity contribution in [3.05, 3.63) is 11.6 Å². The molecule has 2 aliphatic rings. The van der Waals surface area contributed by atoms with E-state index in [0.29, 0.717) is 5.92 Å². The van der Waals surface area contributed by atoms with Crippen molar-refractivity contribution in [2.24, 2.45) is 11.8 Å². The van der Waals surface area contributed by atoms with Gasteiger partial charge in [-0.05, 0) is 25.2 Å². The van der Waals surface area contributed by atoms with Crippen LogP contribution < -0.4 is 0 Å². The fraction of sp³-hybridized carbons (Fsp3) is 0.846. The predicted molar refractivity (Wildman–Crippen MR) is 67.4 cm³/mol. The highest BCUT2D eigenvalue weighted by atomic mass is 79.9. The summed E-state index contributed by atoms with van der Waals surface area (Å²) in [6.07, 6.45) is 10.8. The van der Waals surface area contributed by atoms with Crippen LogP contribution in [0.25, 0.3) is 0 Å². The Morgan fingerprint density at radius 1 is 1.20 bits per heavy atom. The predicted octanol–water partition coefficient (Wildman–Crippen LogP) is 3.92.